The third-order valence-corrected chi connectivity index (χ3v) is 5.70. The van der Waals surface area contributed by atoms with E-state index < -0.39 is 0 Å². The van der Waals surface area contributed by atoms with Crippen molar-refractivity contribution in [3.8, 4) is 11.6 Å². The van der Waals surface area contributed by atoms with E-state index in [0.717, 1.165) is 54.5 Å². The molecular formula is C23H28N4O3. The summed E-state index contributed by atoms with van der Waals surface area (Å²) in [6.45, 7) is 7.47. The van der Waals surface area contributed by atoms with Crippen LogP contribution in [0.5, 0.6) is 5.75 Å². The van der Waals surface area contributed by atoms with Gasteiger partial charge in [0.15, 0.2) is 5.82 Å². The Balaban J connectivity index is 1.50. The van der Waals surface area contributed by atoms with E-state index in [1.807, 2.05) is 55.7 Å². The quantitative estimate of drug-likeness (QED) is 0.695. The summed E-state index contributed by atoms with van der Waals surface area (Å²) < 4.78 is 12.7. The third-order valence-electron chi connectivity index (χ3n) is 5.70. The molecule has 0 aliphatic carbocycles. The highest BCUT2D eigenvalue weighted by Crippen LogP contribution is 2.30. The predicted molar refractivity (Wildman–Crippen MR) is 116 cm³/mol. The van der Waals surface area contributed by atoms with Crippen LogP contribution in [0.25, 0.3) is 5.82 Å². The van der Waals surface area contributed by atoms with Gasteiger partial charge in [-0.2, -0.15) is 0 Å². The molecule has 0 radical (unpaired) electrons. The number of rotatable bonds is 5. The fourth-order valence-electron chi connectivity index (χ4n) is 4.27. The van der Waals surface area contributed by atoms with Crippen molar-refractivity contribution in [2.45, 2.75) is 39.7 Å². The van der Waals surface area contributed by atoms with Gasteiger partial charge >= 0.3 is 0 Å². The third kappa shape index (κ3) is 3.79. The Labute approximate surface area is 176 Å². The molecule has 0 spiro atoms. The van der Waals surface area contributed by atoms with Gasteiger partial charge in [0.05, 0.1) is 18.4 Å². The summed E-state index contributed by atoms with van der Waals surface area (Å²) in [5, 5.41) is 7.33. The molecule has 1 N–H and O–H groups in total. The van der Waals surface area contributed by atoms with Crippen molar-refractivity contribution in [1.29, 1.82) is 0 Å². The lowest BCUT2D eigenvalue weighted by Crippen LogP contribution is -2.48. The summed E-state index contributed by atoms with van der Waals surface area (Å²) in [6, 6.07) is 11.9. The van der Waals surface area contributed by atoms with Crippen molar-refractivity contribution in [3.63, 3.8) is 0 Å². The number of hydrogen-bond donors (Lipinski definition) is 1. The SMILES string of the molecule is COc1ccccc1N1CCCC(NC(=O)c2cc(C)n(-c3cc(C)on3)c2C)C1. The fourth-order valence-corrected chi connectivity index (χ4v) is 4.27. The summed E-state index contributed by atoms with van der Waals surface area (Å²) in [7, 11) is 1.69. The number of amides is 1. The van der Waals surface area contributed by atoms with Gasteiger partial charge in [-0.15, -0.1) is 0 Å². The van der Waals surface area contributed by atoms with Crippen LogP contribution in [0.3, 0.4) is 0 Å². The van der Waals surface area contributed by atoms with Crippen LogP contribution in [0.4, 0.5) is 5.69 Å². The standard InChI is InChI=1S/C23H28N4O3/c1-15-12-19(17(3)27(15)22-13-16(2)30-25-22)23(28)24-18-8-7-11-26(14-18)20-9-5-6-10-21(20)29-4/h5-6,9-10,12-13,18H,7-8,11,14H2,1-4H3,(H,24,28). The van der Waals surface area contributed by atoms with Gasteiger partial charge in [0.25, 0.3) is 5.91 Å². The van der Waals surface area contributed by atoms with Gasteiger partial charge in [0, 0.05) is 36.6 Å². The average Bonchev–Trinajstić information content (AvgIpc) is 3.30. The number of aryl methyl sites for hydroxylation is 2. The molecule has 158 valence electrons. The summed E-state index contributed by atoms with van der Waals surface area (Å²) >= 11 is 0. The first-order valence-corrected chi connectivity index (χ1v) is 10.3. The average molecular weight is 409 g/mol. The number of carbonyl (C=O) groups excluding carboxylic acids is 1. The van der Waals surface area contributed by atoms with Gasteiger partial charge in [0.1, 0.15) is 11.5 Å². The van der Waals surface area contributed by atoms with Crippen molar-refractivity contribution < 1.29 is 14.1 Å². The molecule has 7 nitrogen and oxygen atoms in total. The zero-order chi connectivity index (χ0) is 21.3. The minimum Gasteiger partial charge on any atom is -0.495 e. The van der Waals surface area contributed by atoms with Gasteiger partial charge < -0.3 is 19.5 Å². The van der Waals surface area contributed by atoms with E-state index in [1.54, 1.807) is 7.11 Å². The maximum atomic E-state index is 13.1. The van der Waals surface area contributed by atoms with Crippen LogP contribution < -0.4 is 15.0 Å². The molecule has 1 unspecified atom stereocenters. The molecule has 1 atom stereocenters. The van der Waals surface area contributed by atoms with Crippen LogP contribution in [0, 0.1) is 20.8 Å². The molecule has 3 heterocycles. The summed E-state index contributed by atoms with van der Waals surface area (Å²) in [5.74, 6) is 2.24. The van der Waals surface area contributed by atoms with Crippen LogP contribution in [0.15, 0.2) is 40.9 Å². The van der Waals surface area contributed by atoms with E-state index in [4.69, 9.17) is 9.26 Å². The molecule has 1 amide bonds. The van der Waals surface area contributed by atoms with E-state index in [0.29, 0.717) is 11.4 Å². The molecule has 2 aromatic heterocycles. The lowest BCUT2D eigenvalue weighted by molar-refractivity contribution is 0.0932. The maximum absolute atomic E-state index is 13.1. The number of aromatic nitrogens is 2. The van der Waals surface area contributed by atoms with Gasteiger partial charge in [-0.05, 0) is 51.8 Å². The normalized spacial score (nSPS) is 16.5. The van der Waals surface area contributed by atoms with Crippen LogP contribution in [-0.2, 0) is 0 Å². The Hall–Kier alpha value is -3.22. The minimum atomic E-state index is -0.0542. The molecule has 1 aromatic carbocycles. The molecule has 7 heteroatoms. The highest BCUT2D eigenvalue weighted by Gasteiger charge is 2.25. The lowest BCUT2D eigenvalue weighted by atomic mass is 10.0. The molecule has 30 heavy (non-hydrogen) atoms. The first-order valence-electron chi connectivity index (χ1n) is 10.3. The Morgan fingerprint density at radius 1 is 1.23 bits per heavy atom. The highest BCUT2D eigenvalue weighted by molar-refractivity contribution is 5.96. The highest BCUT2D eigenvalue weighted by atomic mass is 16.5. The summed E-state index contributed by atoms with van der Waals surface area (Å²) in [6.07, 6.45) is 1.97. The zero-order valence-corrected chi connectivity index (χ0v) is 17.9. The smallest absolute Gasteiger partial charge is 0.253 e. The Bertz CT molecular complexity index is 1050. The van der Waals surface area contributed by atoms with E-state index in [9.17, 15) is 4.79 Å². The second kappa shape index (κ2) is 8.26. The first kappa shape index (κ1) is 20.1. The van der Waals surface area contributed by atoms with E-state index in [-0.39, 0.29) is 11.9 Å². The Morgan fingerprint density at radius 2 is 2.03 bits per heavy atom. The lowest BCUT2D eigenvalue weighted by Gasteiger charge is -2.35. The number of carbonyl (C=O) groups is 1. The van der Waals surface area contributed by atoms with Crippen LogP contribution in [0.1, 0.15) is 40.3 Å². The number of hydrogen-bond acceptors (Lipinski definition) is 5. The summed E-state index contributed by atoms with van der Waals surface area (Å²) in [5.41, 5.74) is 3.54. The van der Waals surface area contributed by atoms with Gasteiger partial charge in [0.2, 0.25) is 0 Å². The number of anilines is 1. The molecule has 4 rings (SSSR count). The molecule has 1 aliphatic rings. The molecule has 3 aromatic rings. The van der Waals surface area contributed by atoms with E-state index in [1.165, 1.54) is 0 Å². The molecule has 1 aliphatic heterocycles. The number of piperidine rings is 1. The number of nitrogens with one attached hydrogen (secondary N) is 1. The summed E-state index contributed by atoms with van der Waals surface area (Å²) in [4.78, 5) is 15.4. The fraction of sp³-hybridized carbons (Fsp3) is 0.391. The molecule has 0 bridgehead atoms. The Kier molecular flexibility index (Phi) is 5.53. The Morgan fingerprint density at radius 3 is 2.77 bits per heavy atom. The van der Waals surface area contributed by atoms with Gasteiger partial charge in [-0.25, -0.2) is 0 Å². The topological polar surface area (TPSA) is 72.5 Å². The van der Waals surface area contributed by atoms with Crippen LogP contribution >= 0.6 is 0 Å². The van der Waals surface area contributed by atoms with Crippen molar-refractivity contribution in [2.24, 2.45) is 0 Å². The molecular weight excluding hydrogens is 380 g/mol. The maximum Gasteiger partial charge on any atom is 0.253 e. The van der Waals surface area contributed by atoms with Crippen LogP contribution in [0.2, 0.25) is 0 Å². The molecule has 1 saturated heterocycles. The monoisotopic (exact) mass is 408 g/mol. The second-order valence-electron chi connectivity index (χ2n) is 7.85. The van der Waals surface area contributed by atoms with E-state index in [2.05, 4.69) is 21.4 Å². The van der Waals surface area contributed by atoms with E-state index >= 15 is 0 Å². The van der Waals surface area contributed by atoms with Gasteiger partial charge in [-0.1, -0.05) is 17.3 Å². The zero-order valence-electron chi connectivity index (χ0n) is 17.9. The minimum absolute atomic E-state index is 0.0542. The molecule has 1 fully saturated rings. The first-order chi connectivity index (χ1) is 14.5. The number of benzene rings is 1. The van der Waals surface area contributed by atoms with Crippen molar-refractivity contribution in [2.75, 3.05) is 25.1 Å². The number of methoxy groups -OCH3 is 1. The largest absolute Gasteiger partial charge is 0.495 e. The second-order valence-corrected chi connectivity index (χ2v) is 7.85. The number of para-hydroxylation sites is 2. The van der Waals surface area contributed by atoms with Crippen LogP contribution in [-0.4, -0.2) is 41.9 Å². The number of nitrogens with zero attached hydrogens (tertiary/aromatic N) is 3. The predicted octanol–water partition coefficient (Wildman–Crippen LogP) is 3.80. The molecule has 0 saturated carbocycles. The van der Waals surface area contributed by atoms with Crippen molar-refractivity contribution in [3.05, 3.63) is 59.1 Å². The van der Waals surface area contributed by atoms with Crippen molar-refractivity contribution >= 4 is 11.6 Å². The number of ether oxygens (including phenoxy) is 1. The van der Waals surface area contributed by atoms with Gasteiger partial charge in [-0.3, -0.25) is 9.36 Å². The van der Waals surface area contributed by atoms with Crippen molar-refractivity contribution in [1.82, 2.24) is 15.0 Å².